The highest BCUT2D eigenvalue weighted by molar-refractivity contribution is 6.03. The fraction of sp³-hybridized carbons (Fsp3) is 0.348. The second-order valence-corrected chi connectivity index (χ2v) is 7.97. The van der Waals surface area contributed by atoms with Crippen LogP contribution in [0.4, 0.5) is 0 Å². The zero-order chi connectivity index (χ0) is 20.1. The van der Waals surface area contributed by atoms with Gasteiger partial charge in [0.1, 0.15) is 22.8 Å². The maximum absolute atomic E-state index is 13.2. The van der Waals surface area contributed by atoms with Gasteiger partial charge in [0, 0.05) is 11.1 Å². The number of unbranched alkanes of at least 4 members (excludes halogenated alkanes) is 2. The maximum atomic E-state index is 13.2. The second kappa shape index (κ2) is 6.59. The number of hydrogen-bond donors (Lipinski definition) is 3. The first-order valence-electron chi connectivity index (χ1n) is 9.77. The minimum absolute atomic E-state index is 0.00204. The molecule has 2 heterocycles. The predicted octanol–water partition coefficient (Wildman–Crippen LogP) is 5.01. The average Bonchev–Trinajstić information content (AvgIpc) is 2.64. The van der Waals surface area contributed by atoms with Crippen LogP contribution in [0.15, 0.2) is 29.1 Å². The average molecular weight is 379 g/mol. The van der Waals surface area contributed by atoms with Gasteiger partial charge in [-0.25, -0.2) is 0 Å². The standard InChI is InChI=1S/C23H25NO4/c1-4-5-6-8-15-21(27)17-19(14-11-12-23(2,3)28-22(14)15)24-18-13(20(17)26)9-7-10-16(18)25/h7,9-12,25,27H,4-6,8H2,1-3H3,(H,24,26). The van der Waals surface area contributed by atoms with Crippen molar-refractivity contribution in [3.05, 3.63) is 45.6 Å². The van der Waals surface area contributed by atoms with E-state index >= 15 is 0 Å². The molecule has 1 aliphatic rings. The summed E-state index contributed by atoms with van der Waals surface area (Å²) in [5.74, 6) is 0.583. The van der Waals surface area contributed by atoms with Gasteiger partial charge in [-0.2, -0.15) is 0 Å². The highest BCUT2D eigenvalue weighted by atomic mass is 16.5. The lowest BCUT2D eigenvalue weighted by Crippen LogP contribution is -2.28. The summed E-state index contributed by atoms with van der Waals surface area (Å²) in [6.07, 6.45) is 7.52. The summed E-state index contributed by atoms with van der Waals surface area (Å²) >= 11 is 0. The zero-order valence-corrected chi connectivity index (χ0v) is 16.4. The van der Waals surface area contributed by atoms with Crippen molar-refractivity contribution >= 4 is 27.9 Å². The number of pyridine rings is 1. The van der Waals surface area contributed by atoms with Gasteiger partial charge < -0.3 is 19.9 Å². The first kappa shape index (κ1) is 18.4. The summed E-state index contributed by atoms with van der Waals surface area (Å²) in [6.45, 7) is 6.04. The van der Waals surface area contributed by atoms with Crippen LogP contribution >= 0.6 is 0 Å². The first-order valence-corrected chi connectivity index (χ1v) is 9.77. The summed E-state index contributed by atoms with van der Waals surface area (Å²) in [4.78, 5) is 16.4. The molecule has 0 aliphatic carbocycles. The van der Waals surface area contributed by atoms with Crippen LogP contribution in [0.3, 0.4) is 0 Å². The molecule has 0 saturated carbocycles. The zero-order valence-electron chi connectivity index (χ0n) is 16.4. The van der Waals surface area contributed by atoms with Crippen molar-refractivity contribution in [2.75, 3.05) is 0 Å². The van der Waals surface area contributed by atoms with Crippen molar-refractivity contribution in [1.82, 2.24) is 4.98 Å². The number of fused-ring (bicyclic) bond motifs is 4. The quantitative estimate of drug-likeness (QED) is 0.440. The fourth-order valence-electron chi connectivity index (χ4n) is 3.90. The lowest BCUT2D eigenvalue weighted by Gasteiger charge is -2.30. The predicted molar refractivity (Wildman–Crippen MR) is 112 cm³/mol. The van der Waals surface area contributed by atoms with Crippen molar-refractivity contribution in [3.8, 4) is 17.2 Å². The summed E-state index contributed by atoms with van der Waals surface area (Å²) in [5, 5.41) is 21.9. The molecule has 0 fully saturated rings. The number of aromatic nitrogens is 1. The molecule has 146 valence electrons. The Kier molecular flexibility index (Phi) is 4.33. The van der Waals surface area contributed by atoms with Gasteiger partial charge in [0.25, 0.3) is 0 Å². The molecule has 5 heteroatoms. The van der Waals surface area contributed by atoms with Gasteiger partial charge in [-0.3, -0.25) is 4.79 Å². The lowest BCUT2D eigenvalue weighted by molar-refractivity contribution is 0.157. The lowest BCUT2D eigenvalue weighted by atomic mass is 9.92. The number of hydrogen-bond acceptors (Lipinski definition) is 4. The number of phenolic OH excluding ortho intramolecular Hbond substituents is 2. The number of nitrogens with one attached hydrogen (secondary N) is 1. The van der Waals surface area contributed by atoms with Gasteiger partial charge in [0.15, 0.2) is 0 Å². The van der Waals surface area contributed by atoms with E-state index in [0.717, 1.165) is 24.8 Å². The van der Waals surface area contributed by atoms with E-state index in [9.17, 15) is 15.0 Å². The molecule has 5 nitrogen and oxygen atoms in total. The Balaban J connectivity index is 2.11. The molecule has 0 amide bonds. The Morgan fingerprint density at radius 1 is 1.14 bits per heavy atom. The summed E-state index contributed by atoms with van der Waals surface area (Å²) in [7, 11) is 0. The molecule has 1 aliphatic heterocycles. The van der Waals surface area contributed by atoms with Crippen LogP contribution in [-0.2, 0) is 6.42 Å². The van der Waals surface area contributed by atoms with E-state index in [4.69, 9.17) is 4.74 Å². The van der Waals surface area contributed by atoms with E-state index in [1.54, 1.807) is 12.1 Å². The minimum atomic E-state index is -0.508. The normalized spacial score (nSPS) is 15.0. The molecule has 2 aromatic carbocycles. The fourth-order valence-corrected chi connectivity index (χ4v) is 3.90. The number of para-hydroxylation sites is 1. The van der Waals surface area contributed by atoms with Crippen LogP contribution in [0.5, 0.6) is 17.2 Å². The third kappa shape index (κ3) is 2.82. The minimum Gasteiger partial charge on any atom is -0.507 e. The topological polar surface area (TPSA) is 82.5 Å². The van der Waals surface area contributed by atoms with Gasteiger partial charge in [0.2, 0.25) is 5.43 Å². The Hall–Kier alpha value is -2.95. The third-order valence-corrected chi connectivity index (χ3v) is 5.37. The Bertz CT molecular complexity index is 1170. The molecule has 4 rings (SSSR count). The van der Waals surface area contributed by atoms with Crippen LogP contribution in [0.2, 0.25) is 0 Å². The number of ether oxygens (including phenoxy) is 1. The van der Waals surface area contributed by atoms with Gasteiger partial charge in [-0.1, -0.05) is 25.8 Å². The van der Waals surface area contributed by atoms with E-state index in [2.05, 4.69) is 11.9 Å². The SMILES string of the molecule is CCCCCc1c2c(c3[nH]c4c(O)cccc4c(=O)c3c1O)C=CC(C)(C)O2. The maximum Gasteiger partial charge on any atom is 0.201 e. The molecule has 3 N–H and O–H groups in total. The van der Waals surface area contributed by atoms with Crippen molar-refractivity contribution in [3.63, 3.8) is 0 Å². The van der Waals surface area contributed by atoms with Crippen molar-refractivity contribution in [1.29, 1.82) is 0 Å². The van der Waals surface area contributed by atoms with Gasteiger partial charge in [-0.15, -0.1) is 0 Å². The van der Waals surface area contributed by atoms with Gasteiger partial charge in [-0.05, 0) is 51.0 Å². The van der Waals surface area contributed by atoms with E-state index in [-0.39, 0.29) is 22.3 Å². The summed E-state index contributed by atoms with van der Waals surface area (Å²) < 4.78 is 6.22. The van der Waals surface area contributed by atoms with Crippen LogP contribution in [-0.4, -0.2) is 20.8 Å². The molecule has 0 radical (unpaired) electrons. The molecule has 0 unspecified atom stereocenters. The van der Waals surface area contributed by atoms with Crippen LogP contribution in [0.25, 0.3) is 27.9 Å². The monoisotopic (exact) mass is 379 g/mol. The summed E-state index contributed by atoms with van der Waals surface area (Å²) in [6, 6.07) is 4.81. The molecular formula is C23H25NO4. The third-order valence-electron chi connectivity index (χ3n) is 5.37. The Labute approximate surface area is 163 Å². The first-order chi connectivity index (χ1) is 13.3. The van der Waals surface area contributed by atoms with Gasteiger partial charge >= 0.3 is 0 Å². The molecule has 0 atom stereocenters. The number of H-pyrrole nitrogens is 1. The molecular weight excluding hydrogens is 354 g/mol. The summed E-state index contributed by atoms with van der Waals surface area (Å²) in [5.41, 5.74) is 1.46. The Morgan fingerprint density at radius 2 is 1.93 bits per heavy atom. The largest absolute Gasteiger partial charge is 0.507 e. The highest BCUT2D eigenvalue weighted by Gasteiger charge is 2.29. The van der Waals surface area contributed by atoms with Crippen molar-refractivity contribution in [2.45, 2.75) is 52.1 Å². The smallest absolute Gasteiger partial charge is 0.201 e. The second-order valence-electron chi connectivity index (χ2n) is 7.97. The highest BCUT2D eigenvalue weighted by Crippen LogP contribution is 2.44. The number of phenols is 2. The number of aromatic amines is 1. The van der Waals surface area contributed by atoms with Crippen LogP contribution < -0.4 is 10.2 Å². The van der Waals surface area contributed by atoms with E-state index in [1.165, 1.54) is 6.07 Å². The van der Waals surface area contributed by atoms with Crippen LogP contribution in [0, 0.1) is 0 Å². The molecule has 3 aromatic rings. The Morgan fingerprint density at radius 3 is 2.68 bits per heavy atom. The van der Waals surface area contributed by atoms with Crippen LogP contribution in [0.1, 0.15) is 51.2 Å². The molecule has 1 aromatic heterocycles. The molecule has 28 heavy (non-hydrogen) atoms. The number of rotatable bonds is 4. The van der Waals surface area contributed by atoms with E-state index in [1.807, 2.05) is 26.0 Å². The molecule has 0 bridgehead atoms. The molecule has 0 saturated heterocycles. The van der Waals surface area contributed by atoms with Crippen molar-refractivity contribution in [2.24, 2.45) is 0 Å². The van der Waals surface area contributed by atoms with Crippen molar-refractivity contribution < 1.29 is 14.9 Å². The van der Waals surface area contributed by atoms with E-state index < -0.39 is 5.60 Å². The molecule has 0 spiro atoms. The number of aromatic hydroxyl groups is 2. The van der Waals surface area contributed by atoms with Gasteiger partial charge in [0.05, 0.1) is 21.8 Å². The van der Waals surface area contributed by atoms with E-state index in [0.29, 0.717) is 34.2 Å². The number of benzene rings is 2.